The van der Waals surface area contributed by atoms with E-state index in [-0.39, 0.29) is 18.2 Å². The summed E-state index contributed by atoms with van der Waals surface area (Å²) in [5.74, 6) is -1.56. The molecule has 9 heteroatoms. The number of carbonyl (C=O) groups excluding carboxylic acids is 3. The first-order valence-electron chi connectivity index (χ1n) is 9.13. The molecule has 0 aliphatic carbocycles. The van der Waals surface area contributed by atoms with Crippen LogP contribution in [0.2, 0.25) is 0 Å². The van der Waals surface area contributed by atoms with Gasteiger partial charge in [-0.3, -0.25) is 19.8 Å². The number of anilines is 2. The maximum atomic E-state index is 12.9. The number of nitrogens with one attached hydrogen (secondary N) is 1. The Morgan fingerprint density at radius 3 is 2.43 bits per heavy atom. The SMILES string of the molecule is CN(C(=O)CN(C(=O)CC(=O)Nn1ccnc1)c1cccc(O)c1)c1ccccc1. The molecule has 3 aromatic rings. The lowest BCUT2D eigenvalue weighted by molar-refractivity contribution is -0.127. The summed E-state index contributed by atoms with van der Waals surface area (Å²) in [4.78, 5) is 44.3. The number of phenolic OH excluding ortho intramolecular Hbond substituents is 1. The number of imidazole rings is 1. The van der Waals surface area contributed by atoms with Gasteiger partial charge in [0.05, 0.1) is 0 Å². The molecule has 2 N–H and O–H groups in total. The third kappa shape index (κ3) is 5.22. The minimum atomic E-state index is -0.590. The van der Waals surface area contributed by atoms with Gasteiger partial charge in [0.1, 0.15) is 25.0 Å². The van der Waals surface area contributed by atoms with Crippen molar-refractivity contribution in [2.24, 2.45) is 0 Å². The Hall–Kier alpha value is -4.14. The molecular weight excluding hydrogens is 386 g/mol. The standard InChI is InChI=1S/C21H21N5O4/c1-24(16-6-3-2-4-7-16)21(30)14-26(17-8-5-9-18(27)12-17)20(29)13-19(28)23-25-11-10-22-15-25/h2-12,15,27H,13-14H2,1H3,(H,23,28). The van der Waals surface area contributed by atoms with E-state index in [1.165, 1.54) is 45.3 Å². The minimum absolute atomic E-state index is 0.0583. The molecule has 0 aliphatic rings. The number of carbonyl (C=O) groups is 3. The number of likely N-dealkylation sites (N-methyl/N-ethyl adjacent to an activating group) is 1. The number of aromatic nitrogens is 2. The fourth-order valence-corrected chi connectivity index (χ4v) is 2.76. The Morgan fingerprint density at radius 1 is 1.03 bits per heavy atom. The molecule has 0 unspecified atom stereocenters. The van der Waals surface area contributed by atoms with E-state index < -0.39 is 18.2 Å². The summed E-state index contributed by atoms with van der Waals surface area (Å²) in [7, 11) is 1.61. The Balaban J connectivity index is 1.77. The van der Waals surface area contributed by atoms with Crippen LogP contribution in [0, 0.1) is 0 Å². The number of nitrogens with zero attached hydrogens (tertiary/aromatic N) is 4. The van der Waals surface area contributed by atoms with Crippen LogP contribution in [0.3, 0.4) is 0 Å². The lowest BCUT2D eigenvalue weighted by Gasteiger charge is -2.25. The normalized spacial score (nSPS) is 10.3. The molecule has 0 radical (unpaired) electrons. The number of benzene rings is 2. The van der Waals surface area contributed by atoms with Crippen LogP contribution >= 0.6 is 0 Å². The first-order valence-corrected chi connectivity index (χ1v) is 9.13. The predicted octanol–water partition coefficient (Wildman–Crippen LogP) is 1.75. The van der Waals surface area contributed by atoms with Crippen molar-refractivity contribution in [1.29, 1.82) is 0 Å². The molecule has 0 saturated heterocycles. The van der Waals surface area contributed by atoms with Crippen molar-refractivity contribution in [1.82, 2.24) is 9.66 Å². The van der Waals surface area contributed by atoms with Crippen LogP contribution in [0.1, 0.15) is 6.42 Å². The van der Waals surface area contributed by atoms with E-state index in [1.807, 2.05) is 6.07 Å². The van der Waals surface area contributed by atoms with Crippen molar-refractivity contribution in [3.05, 3.63) is 73.3 Å². The Labute approximate surface area is 173 Å². The van der Waals surface area contributed by atoms with Gasteiger partial charge in [-0.25, -0.2) is 9.66 Å². The lowest BCUT2D eigenvalue weighted by Crippen LogP contribution is -2.43. The quantitative estimate of drug-likeness (QED) is 0.580. The van der Waals surface area contributed by atoms with Gasteiger partial charge in [0.2, 0.25) is 17.7 Å². The zero-order valence-electron chi connectivity index (χ0n) is 16.3. The van der Waals surface area contributed by atoms with Gasteiger partial charge in [-0.2, -0.15) is 0 Å². The van der Waals surface area contributed by atoms with Crippen molar-refractivity contribution < 1.29 is 19.5 Å². The van der Waals surface area contributed by atoms with Crippen molar-refractivity contribution in [3.8, 4) is 5.75 Å². The van der Waals surface area contributed by atoms with Crippen LogP contribution in [0.5, 0.6) is 5.75 Å². The van der Waals surface area contributed by atoms with E-state index in [9.17, 15) is 19.5 Å². The summed E-state index contributed by atoms with van der Waals surface area (Å²) in [6.07, 6.45) is 3.90. The summed E-state index contributed by atoms with van der Waals surface area (Å²) in [6, 6.07) is 15.0. The molecule has 0 spiro atoms. The second kappa shape index (κ2) is 9.37. The van der Waals surface area contributed by atoms with Gasteiger partial charge >= 0.3 is 0 Å². The van der Waals surface area contributed by atoms with E-state index in [0.29, 0.717) is 11.4 Å². The average molecular weight is 407 g/mol. The number of hydrogen-bond donors (Lipinski definition) is 2. The zero-order chi connectivity index (χ0) is 21.5. The molecule has 0 atom stereocenters. The van der Waals surface area contributed by atoms with Gasteiger partial charge in [-0.05, 0) is 24.3 Å². The molecule has 1 aromatic heterocycles. The number of aromatic hydroxyl groups is 1. The second-order valence-electron chi connectivity index (χ2n) is 6.47. The van der Waals surface area contributed by atoms with Gasteiger partial charge in [0, 0.05) is 36.9 Å². The summed E-state index contributed by atoms with van der Waals surface area (Å²) >= 11 is 0. The van der Waals surface area contributed by atoms with E-state index in [4.69, 9.17) is 0 Å². The van der Waals surface area contributed by atoms with Crippen LogP contribution in [0.25, 0.3) is 0 Å². The largest absolute Gasteiger partial charge is 0.508 e. The van der Waals surface area contributed by atoms with Crippen LogP contribution in [-0.4, -0.2) is 46.1 Å². The van der Waals surface area contributed by atoms with E-state index in [1.54, 1.807) is 43.4 Å². The molecule has 30 heavy (non-hydrogen) atoms. The van der Waals surface area contributed by atoms with Crippen molar-refractivity contribution in [3.63, 3.8) is 0 Å². The Morgan fingerprint density at radius 2 is 1.77 bits per heavy atom. The van der Waals surface area contributed by atoms with Gasteiger partial charge in [0.25, 0.3) is 0 Å². The third-order valence-corrected chi connectivity index (χ3v) is 4.32. The molecule has 3 amide bonds. The van der Waals surface area contributed by atoms with Crippen LogP contribution < -0.4 is 15.2 Å². The highest BCUT2D eigenvalue weighted by molar-refractivity contribution is 6.10. The second-order valence-corrected chi connectivity index (χ2v) is 6.47. The van der Waals surface area contributed by atoms with E-state index >= 15 is 0 Å². The van der Waals surface area contributed by atoms with Crippen molar-refractivity contribution in [2.75, 3.05) is 28.8 Å². The minimum Gasteiger partial charge on any atom is -0.508 e. The summed E-state index contributed by atoms with van der Waals surface area (Å²) < 4.78 is 1.32. The molecule has 0 fully saturated rings. The highest BCUT2D eigenvalue weighted by Crippen LogP contribution is 2.22. The van der Waals surface area contributed by atoms with Crippen LogP contribution in [0.4, 0.5) is 11.4 Å². The molecule has 2 aromatic carbocycles. The monoisotopic (exact) mass is 407 g/mol. The summed E-state index contributed by atoms with van der Waals surface area (Å²) in [5, 5.41) is 9.80. The predicted molar refractivity (Wildman–Crippen MR) is 112 cm³/mol. The maximum Gasteiger partial charge on any atom is 0.248 e. The molecule has 3 rings (SSSR count). The third-order valence-electron chi connectivity index (χ3n) is 4.32. The number of phenols is 1. The molecule has 9 nitrogen and oxygen atoms in total. The molecule has 1 heterocycles. The van der Waals surface area contributed by atoms with Gasteiger partial charge in [-0.15, -0.1) is 0 Å². The van der Waals surface area contributed by atoms with Crippen molar-refractivity contribution in [2.45, 2.75) is 6.42 Å². The number of hydrogen-bond acceptors (Lipinski definition) is 5. The molecule has 0 saturated carbocycles. The highest BCUT2D eigenvalue weighted by Gasteiger charge is 2.24. The fourth-order valence-electron chi connectivity index (χ4n) is 2.76. The summed E-state index contributed by atoms with van der Waals surface area (Å²) in [5.41, 5.74) is 3.48. The zero-order valence-corrected chi connectivity index (χ0v) is 16.3. The first-order chi connectivity index (χ1) is 14.4. The van der Waals surface area contributed by atoms with Crippen LogP contribution in [-0.2, 0) is 14.4 Å². The molecular formula is C21H21N5O4. The Bertz CT molecular complexity index is 1020. The topological polar surface area (TPSA) is 108 Å². The maximum absolute atomic E-state index is 12.9. The molecule has 0 aliphatic heterocycles. The van der Waals surface area contributed by atoms with Gasteiger partial charge < -0.3 is 14.9 Å². The molecule has 154 valence electrons. The van der Waals surface area contributed by atoms with Gasteiger partial charge in [-0.1, -0.05) is 24.3 Å². The first kappa shape index (κ1) is 20.6. The van der Waals surface area contributed by atoms with Gasteiger partial charge in [0.15, 0.2) is 0 Å². The summed E-state index contributed by atoms with van der Waals surface area (Å²) in [6.45, 7) is -0.300. The number of para-hydroxylation sites is 1. The number of rotatable bonds is 7. The van der Waals surface area contributed by atoms with Crippen LogP contribution in [0.15, 0.2) is 73.3 Å². The number of amides is 3. The highest BCUT2D eigenvalue weighted by atomic mass is 16.3. The van der Waals surface area contributed by atoms with E-state index in [0.717, 1.165) is 0 Å². The molecule has 0 bridgehead atoms. The van der Waals surface area contributed by atoms with Crippen molar-refractivity contribution >= 4 is 29.1 Å². The Kier molecular flexibility index (Phi) is 6.43. The smallest absolute Gasteiger partial charge is 0.248 e. The average Bonchev–Trinajstić information content (AvgIpc) is 3.24. The van der Waals surface area contributed by atoms with E-state index in [2.05, 4.69) is 10.4 Å². The fraction of sp³-hybridized carbons (Fsp3) is 0.143. The lowest BCUT2D eigenvalue weighted by atomic mass is 10.2.